The average molecular weight is 399 g/mol. The Labute approximate surface area is 166 Å². The minimum atomic E-state index is -4.83. The van der Waals surface area contributed by atoms with Crippen LogP contribution in [0.5, 0.6) is 0 Å². The largest absolute Gasteiger partial charge is 0.471 e. The molecule has 0 aliphatic carbocycles. The Morgan fingerprint density at radius 3 is 2.41 bits per heavy atom. The highest BCUT2D eigenvalue weighted by atomic mass is 19.4. The number of aromatic nitrogens is 1. The molecule has 0 fully saturated rings. The zero-order valence-electron chi connectivity index (χ0n) is 15.8. The fourth-order valence-corrected chi connectivity index (χ4v) is 3.72. The predicted molar refractivity (Wildman–Crippen MR) is 108 cm³/mol. The van der Waals surface area contributed by atoms with E-state index in [9.17, 15) is 18.0 Å². The van der Waals surface area contributed by atoms with Crippen molar-refractivity contribution in [2.75, 3.05) is 25.5 Å². The zero-order valence-corrected chi connectivity index (χ0v) is 15.8. The number of nitrogens with zero attached hydrogens (tertiary/aromatic N) is 2. The van der Waals surface area contributed by atoms with Crippen molar-refractivity contribution in [2.24, 2.45) is 0 Å². The van der Waals surface area contributed by atoms with Crippen molar-refractivity contribution < 1.29 is 18.0 Å². The van der Waals surface area contributed by atoms with E-state index in [-0.39, 0.29) is 13.1 Å². The van der Waals surface area contributed by atoms with Crippen LogP contribution in [0.25, 0.3) is 22.2 Å². The van der Waals surface area contributed by atoms with Crippen LogP contribution in [-0.4, -0.2) is 41.7 Å². The summed E-state index contributed by atoms with van der Waals surface area (Å²) in [4.78, 5) is 12.3. The van der Waals surface area contributed by atoms with Gasteiger partial charge in [-0.15, -0.1) is 0 Å². The smallest absolute Gasteiger partial charge is 0.388 e. The lowest BCUT2D eigenvalue weighted by molar-refractivity contribution is -0.185. The molecule has 1 aromatic heterocycles. The summed E-state index contributed by atoms with van der Waals surface area (Å²) < 4.78 is 40.1. The molecule has 4 nitrogen and oxygen atoms in total. The van der Waals surface area contributed by atoms with Crippen molar-refractivity contribution in [3.05, 3.63) is 66.4 Å². The number of fused-ring (bicyclic) bond motifs is 1. The molecule has 0 unspecified atom stereocenters. The lowest BCUT2D eigenvalue weighted by Crippen LogP contribution is -2.43. The molecule has 0 radical (unpaired) electrons. The first-order valence-electron chi connectivity index (χ1n) is 9.32. The minimum Gasteiger partial charge on any atom is -0.388 e. The van der Waals surface area contributed by atoms with E-state index >= 15 is 0 Å². The Bertz CT molecular complexity index is 1080. The van der Waals surface area contributed by atoms with E-state index in [0.717, 1.165) is 38.3 Å². The lowest BCUT2D eigenvalue weighted by atomic mass is 9.99. The molecule has 150 valence electrons. The molecule has 4 rings (SSSR count). The van der Waals surface area contributed by atoms with E-state index < -0.39 is 12.1 Å². The summed E-state index contributed by atoms with van der Waals surface area (Å²) in [7, 11) is 1.86. The summed E-state index contributed by atoms with van der Waals surface area (Å²) in [5.41, 5.74) is 4.97. The van der Waals surface area contributed by atoms with Crippen LogP contribution in [0.1, 0.15) is 12.0 Å². The van der Waals surface area contributed by atoms with E-state index in [2.05, 4.69) is 9.88 Å². The van der Waals surface area contributed by atoms with Gasteiger partial charge in [-0.2, -0.15) is 13.2 Å². The number of halogens is 3. The molecule has 0 saturated carbocycles. The van der Waals surface area contributed by atoms with Crippen LogP contribution in [-0.2, 0) is 4.79 Å². The van der Waals surface area contributed by atoms with Gasteiger partial charge in [0.1, 0.15) is 0 Å². The van der Waals surface area contributed by atoms with E-state index in [1.54, 1.807) is 6.08 Å². The van der Waals surface area contributed by atoms with Gasteiger partial charge in [-0.25, -0.2) is 0 Å². The number of carbonyl (C=O) groups is 1. The van der Waals surface area contributed by atoms with Gasteiger partial charge in [0.25, 0.3) is 0 Å². The average Bonchev–Trinajstić information content (AvgIpc) is 3.12. The Morgan fingerprint density at radius 1 is 1.07 bits per heavy atom. The van der Waals surface area contributed by atoms with Crippen LogP contribution in [0.2, 0.25) is 0 Å². The SMILES string of the molecule is CNc1ccc(-n2cc(C3=CCN(C(=O)C(F)(F)F)CC3)c3ccccc32)cc1. The summed E-state index contributed by atoms with van der Waals surface area (Å²) in [6, 6.07) is 16.0. The van der Waals surface area contributed by atoms with E-state index in [1.807, 2.05) is 61.8 Å². The molecule has 1 N–H and O–H groups in total. The third-order valence-corrected chi connectivity index (χ3v) is 5.23. The number of carbonyl (C=O) groups excluding carboxylic acids is 1. The first-order valence-corrected chi connectivity index (χ1v) is 9.32. The van der Waals surface area contributed by atoms with Crippen molar-refractivity contribution in [3.8, 4) is 5.69 Å². The van der Waals surface area contributed by atoms with Crippen LogP contribution in [0.15, 0.2) is 60.8 Å². The van der Waals surface area contributed by atoms with Crippen molar-refractivity contribution in [1.29, 1.82) is 0 Å². The number of benzene rings is 2. The fourth-order valence-electron chi connectivity index (χ4n) is 3.72. The number of amides is 1. The molecule has 1 aliphatic heterocycles. The van der Waals surface area contributed by atoms with E-state index in [4.69, 9.17) is 0 Å². The van der Waals surface area contributed by atoms with Gasteiger partial charge in [-0.05, 0) is 42.3 Å². The standard InChI is InChI=1S/C22H20F3N3O/c1-26-16-6-8-17(9-7-16)28-14-19(18-4-2-3-5-20(18)28)15-10-12-27(13-11-15)21(29)22(23,24)25/h2-10,14,26H,11-13H2,1H3. The fraction of sp³-hybridized carbons (Fsp3) is 0.227. The third kappa shape index (κ3) is 3.60. The molecule has 3 aromatic rings. The lowest BCUT2D eigenvalue weighted by Gasteiger charge is -2.27. The highest BCUT2D eigenvalue weighted by Gasteiger charge is 2.42. The predicted octanol–water partition coefficient (Wildman–Crippen LogP) is 4.85. The van der Waals surface area contributed by atoms with Gasteiger partial charge < -0.3 is 14.8 Å². The number of alkyl halides is 3. The molecule has 1 aliphatic rings. The maximum absolute atomic E-state index is 12.7. The quantitative estimate of drug-likeness (QED) is 0.684. The molecule has 0 atom stereocenters. The first kappa shape index (κ1) is 19.1. The molecule has 0 bridgehead atoms. The van der Waals surface area contributed by atoms with Crippen LogP contribution in [0.3, 0.4) is 0 Å². The van der Waals surface area contributed by atoms with Gasteiger partial charge in [0.2, 0.25) is 0 Å². The van der Waals surface area contributed by atoms with E-state index in [1.165, 1.54) is 0 Å². The molecule has 7 heteroatoms. The minimum absolute atomic E-state index is 0.0376. The maximum Gasteiger partial charge on any atom is 0.471 e. The molecule has 2 aromatic carbocycles. The van der Waals surface area contributed by atoms with Crippen molar-refractivity contribution in [1.82, 2.24) is 9.47 Å². The molecular weight excluding hydrogens is 379 g/mol. The number of rotatable bonds is 3. The first-order chi connectivity index (χ1) is 13.9. The van der Waals surface area contributed by atoms with Gasteiger partial charge in [-0.1, -0.05) is 24.3 Å². The van der Waals surface area contributed by atoms with Crippen molar-refractivity contribution in [2.45, 2.75) is 12.6 Å². The van der Waals surface area contributed by atoms with Gasteiger partial charge in [0, 0.05) is 48.7 Å². The number of para-hydroxylation sites is 1. The number of hydrogen-bond acceptors (Lipinski definition) is 2. The monoisotopic (exact) mass is 399 g/mol. The Balaban J connectivity index is 1.70. The highest BCUT2D eigenvalue weighted by Crippen LogP contribution is 2.33. The summed E-state index contributed by atoms with van der Waals surface area (Å²) in [6.45, 7) is 0.0185. The van der Waals surface area contributed by atoms with Gasteiger partial charge >= 0.3 is 12.1 Å². The maximum atomic E-state index is 12.7. The summed E-state index contributed by atoms with van der Waals surface area (Å²) in [6.07, 6.45) is -0.703. The van der Waals surface area contributed by atoms with Crippen molar-refractivity contribution >= 4 is 28.1 Å². The summed E-state index contributed by atoms with van der Waals surface area (Å²) in [5, 5.41) is 4.13. The molecular formula is C22H20F3N3O. The van der Waals surface area contributed by atoms with Crippen LogP contribution < -0.4 is 5.32 Å². The Hall–Kier alpha value is -3.22. The second-order valence-corrected chi connectivity index (χ2v) is 6.96. The second kappa shape index (κ2) is 7.31. The molecule has 0 spiro atoms. The van der Waals surface area contributed by atoms with E-state index in [0.29, 0.717) is 6.42 Å². The van der Waals surface area contributed by atoms with Crippen LogP contribution >= 0.6 is 0 Å². The summed E-state index contributed by atoms with van der Waals surface area (Å²) >= 11 is 0. The normalized spacial score (nSPS) is 14.8. The van der Waals surface area contributed by atoms with Gasteiger partial charge in [0.05, 0.1) is 5.52 Å². The Morgan fingerprint density at radius 2 is 1.79 bits per heavy atom. The van der Waals surface area contributed by atoms with Crippen LogP contribution in [0, 0.1) is 0 Å². The molecule has 29 heavy (non-hydrogen) atoms. The van der Waals surface area contributed by atoms with Gasteiger partial charge in [0.15, 0.2) is 0 Å². The number of hydrogen-bond donors (Lipinski definition) is 1. The molecule has 1 amide bonds. The van der Waals surface area contributed by atoms with Gasteiger partial charge in [-0.3, -0.25) is 4.79 Å². The second-order valence-electron chi connectivity index (χ2n) is 6.96. The number of anilines is 1. The summed E-state index contributed by atoms with van der Waals surface area (Å²) in [5.74, 6) is -1.78. The number of nitrogens with one attached hydrogen (secondary N) is 1. The third-order valence-electron chi connectivity index (χ3n) is 5.23. The molecule has 0 saturated heterocycles. The molecule has 2 heterocycles. The zero-order chi connectivity index (χ0) is 20.6. The Kier molecular flexibility index (Phi) is 4.82. The topological polar surface area (TPSA) is 37.3 Å². The van der Waals surface area contributed by atoms with Crippen LogP contribution in [0.4, 0.5) is 18.9 Å². The van der Waals surface area contributed by atoms with Crippen molar-refractivity contribution in [3.63, 3.8) is 0 Å². The highest BCUT2D eigenvalue weighted by molar-refractivity contribution is 5.95.